The molecule has 8 nitrogen and oxygen atoms in total. The molecule has 0 bridgehead atoms. The molecule has 11 heteroatoms. The van der Waals surface area contributed by atoms with Gasteiger partial charge in [-0.2, -0.15) is 0 Å². The summed E-state index contributed by atoms with van der Waals surface area (Å²) in [6, 6.07) is 8.70. The number of carbonyl (C=O) groups excluding carboxylic acids is 2. The molecule has 2 amide bonds. The highest BCUT2D eigenvalue weighted by Crippen LogP contribution is 2.28. The zero-order valence-corrected chi connectivity index (χ0v) is 19.5. The molecule has 1 atom stereocenters. The molecule has 1 aliphatic heterocycles. The molecule has 1 saturated heterocycles. The van der Waals surface area contributed by atoms with Crippen LogP contribution in [0, 0.1) is 0 Å². The first-order valence-corrected chi connectivity index (χ1v) is 11.5. The van der Waals surface area contributed by atoms with Crippen molar-refractivity contribution in [2.45, 2.75) is 10.9 Å². The molecule has 2 aromatic carbocycles. The lowest BCUT2D eigenvalue weighted by molar-refractivity contribution is -0.132. The Balaban J connectivity index is 2.15. The first-order chi connectivity index (χ1) is 15.2. The van der Waals surface area contributed by atoms with Crippen LogP contribution in [0.4, 0.5) is 0 Å². The fraction of sp³-hybridized carbons (Fsp3) is 0.238. The summed E-state index contributed by atoms with van der Waals surface area (Å²) in [4.78, 5) is 26.0. The SMILES string of the molecule is COCC1C(=O)NCC(=Cc2cc(Cl)ccc2OC)C(=O)N1S(=O)(=O)c1ccc(Cl)cc1. The van der Waals surface area contributed by atoms with Crippen LogP contribution < -0.4 is 10.1 Å². The number of amides is 2. The predicted molar refractivity (Wildman–Crippen MR) is 120 cm³/mol. The Bertz CT molecular complexity index is 1170. The van der Waals surface area contributed by atoms with Crippen LogP contribution in [0.5, 0.6) is 5.75 Å². The third-order valence-corrected chi connectivity index (χ3v) is 7.02. The van der Waals surface area contributed by atoms with Crippen molar-refractivity contribution in [3.63, 3.8) is 0 Å². The van der Waals surface area contributed by atoms with Crippen LogP contribution in [0.1, 0.15) is 5.56 Å². The molecule has 1 heterocycles. The van der Waals surface area contributed by atoms with E-state index in [9.17, 15) is 18.0 Å². The van der Waals surface area contributed by atoms with E-state index in [0.29, 0.717) is 25.7 Å². The normalized spacial score (nSPS) is 18.4. The quantitative estimate of drug-likeness (QED) is 0.614. The summed E-state index contributed by atoms with van der Waals surface area (Å²) in [6.07, 6.45) is 1.44. The lowest BCUT2D eigenvalue weighted by Crippen LogP contribution is -2.51. The van der Waals surface area contributed by atoms with Gasteiger partial charge >= 0.3 is 0 Å². The number of hydrogen-bond donors (Lipinski definition) is 1. The first kappa shape index (κ1) is 24.1. The number of hydrogen-bond acceptors (Lipinski definition) is 6. The van der Waals surface area contributed by atoms with Gasteiger partial charge in [-0.1, -0.05) is 23.2 Å². The largest absolute Gasteiger partial charge is 0.496 e. The van der Waals surface area contributed by atoms with E-state index in [1.807, 2.05) is 0 Å². The van der Waals surface area contributed by atoms with Crippen molar-refractivity contribution in [2.75, 3.05) is 27.4 Å². The van der Waals surface area contributed by atoms with Gasteiger partial charge in [-0.3, -0.25) is 9.59 Å². The minimum atomic E-state index is -4.42. The second-order valence-electron chi connectivity index (χ2n) is 6.80. The Labute approximate surface area is 195 Å². The van der Waals surface area contributed by atoms with E-state index in [4.69, 9.17) is 32.7 Å². The van der Waals surface area contributed by atoms with Crippen LogP contribution in [0.15, 0.2) is 52.9 Å². The molecule has 0 spiro atoms. The van der Waals surface area contributed by atoms with Crippen molar-refractivity contribution >= 4 is 51.1 Å². The van der Waals surface area contributed by atoms with Gasteiger partial charge in [-0.05, 0) is 48.5 Å². The van der Waals surface area contributed by atoms with Crippen molar-refractivity contribution in [3.8, 4) is 5.75 Å². The van der Waals surface area contributed by atoms with Crippen LogP contribution >= 0.6 is 23.2 Å². The van der Waals surface area contributed by atoms with Crippen LogP contribution in [0.25, 0.3) is 6.08 Å². The lowest BCUT2D eigenvalue weighted by Gasteiger charge is -2.27. The number of carbonyl (C=O) groups is 2. The highest BCUT2D eigenvalue weighted by Gasteiger charge is 2.43. The van der Waals surface area contributed by atoms with E-state index in [2.05, 4.69) is 5.32 Å². The van der Waals surface area contributed by atoms with Crippen LogP contribution in [-0.2, 0) is 24.3 Å². The molecular formula is C21H20Cl2N2O6S. The summed E-state index contributed by atoms with van der Waals surface area (Å²) >= 11 is 11.9. The van der Waals surface area contributed by atoms with Gasteiger partial charge in [0.25, 0.3) is 15.9 Å². The fourth-order valence-electron chi connectivity index (χ4n) is 3.18. The van der Waals surface area contributed by atoms with Gasteiger partial charge in [0, 0.05) is 34.8 Å². The van der Waals surface area contributed by atoms with Crippen LogP contribution in [0.3, 0.4) is 0 Å². The molecule has 32 heavy (non-hydrogen) atoms. The molecule has 1 aliphatic rings. The highest BCUT2D eigenvalue weighted by atomic mass is 35.5. The van der Waals surface area contributed by atoms with Gasteiger partial charge in [0.2, 0.25) is 5.91 Å². The molecule has 3 rings (SSSR count). The summed E-state index contributed by atoms with van der Waals surface area (Å²) in [6.45, 7) is -0.516. The molecule has 2 aromatic rings. The molecule has 170 valence electrons. The van der Waals surface area contributed by atoms with Crippen molar-refractivity contribution in [1.82, 2.24) is 9.62 Å². The maximum absolute atomic E-state index is 13.5. The number of benzene rings is 2. The second kappa shape index (κ2) is 9.91. The number of halogens is 2. The standard InChI is InChI=1S/C21H20Cl2N2O6S/c1-30-12-18-20(26)24-11-14(9-13-10-16(23)5-8-19(13)31-2)21(27)25(18)32(28,29)17-6-3-15(22)4-7-17/h3-10,18H,11-12H2,1-2H3,(H,24,26). The van der Waals surface area contributed by atoms with Gasteiger partial charge in [0.15, 0.2) is 6.04 Å². The average molecular weight is 499 g/mol. The van der Waals surface area contributed by atoms with E-state index >= 15 is 0 Å². The van der Waals surface area contributed by atoms with Crippen LogP contribution in [0.2, 0.25) is 10.0 Å². The number of nitrogens with one attached hydrogen (secondary N) is 1. The van der Waals surface area contributed by atoms with E-state index in [-0.39, 0.29) is 23.6 Å². The number of methoxy groups -OCH3 is 2. The van der Waals surface area contributed by atoms with Gasteiger partial charge in [-0.25, -0.2) is 12.7 Å². The third-order valence-electron chi connectivity index (χ3n) is 4.73. The van der Waals surface area contributed by atoms with Gasteiger partial charge in [-0.15, -0.1) is 0 Å². The molecule has 0 aromatic heterocycles. The van der Waals surface area contributed by atoms with Crippen molar-refractivity contribution in [2.24, 2.45) is 0 Å². The summed E-state index contributed by atoms with van der Waals surface area (Å²) in [5.41, 5.74) is 0.474. The predicted octanol–water partition coefficient (Wildman–Crippen LogP) is 2.75. The minimum absolute atomic E-state index is 0.0232. The number of ether oxygens (including phenoxy) is 2. The summed E-state index contributed by atoms with van der Waals surface area (Å²) < 4.78 is 37.7. The Morgan fingerprint density at radius 2 is 1.75 bits per heavy atom. The molecule has 1 fully saturated rings. The van der Waals surface area contributed by atoms with Crippen LogP contribution in [-0.4, -0.2) is 58.0 Å². The first-order valence-electron chi connectivity index (χ1n) is 9.34. The van der Waals surface area contributed by atoms with Crippen molar-refractivity contribution < 1.29 is 27.5 Å². The Kier molecular flexibility index (Phi) is 7.45. The zero-order chi connectivity index (χ0) is 23.5. The molecular weight excluding hydrogens is 479 g/mol. The summed E-state index contributed by atoms with van der Waals surface area (Å²) in [7, 11) is -1.66. The second-order valence-corrected chi connectivity index (χ2v) is 9.49. The van der Waals surface area contributed by atoms with Gasteiger partial charge in [0.1, 0.15) is 5.75 Å². The van der Waals surface area contributed by atoms with Gasteiger partial charge in [0.05, 0.1) is 18.6 Å². The Morgan fingerprint density at radius 3 is 2.38 bits per heavy atom. The molecule has 1 unspecified atom stereocenters. The Morgan fingerprint density at radius 1 is 1.09 bits per heavy atom. The average Bonchev–Trinajstić information content (AvgIpc) is 2.86. The summed E-state index contributed by atoms with van der Waals surface area (Å²) in [5, 5.41) is 3.30. The number of sulfonamides is 1. The van der Waals surface area contributed by atoms with Crippen molar-refractivity contribution in [3.05, 3.63) is 63.6 Å². The van der Waals surface area contributed by atoms with E-state index in [1.165, 1.54) is 44.6 Å². The zero-order valence-electron chi connectivity index (χ0n) is 17.2. The monoisotopic (exact) mass is 498 g/mol. The Hall–Kier alpha value is -2.59. The number of nitrogens with zero attached hydrogens (tertiary/aromatic N) is 1. The number of rotatable bonds is 6. The summed E-state index contributed by atoms with van der Waals surface area (Å²) in [5.74, 6) is -1.12. The van der Waals surface area contributed by atoms with Crippen molar-refractivity contribution in [1.29, 1.82) is 0 Å². The van der Waals surface area contributed by atoms with E-state index in [0.717, 1.165) is 0 Å². The lowest BCUT2D eigenvalue weighted by atomic mass is 10.1. The minimum Gasteiger partial charge on any atom is -0.496 e. The highest BCUT2D eigenvalue weighted by molar-refractivity contribution is 7.89. The topological polar surface area (TPSA) is 102 Å². The fourth-order valence-corrected chi connectivity index (χ4v) is 5.02. The van der Waals surface area contributed by atoms with E-state index in [1.54, 1.807) is 18.2 Å². The smallest absolute Gasteiger partial charge is 0.267 e. The van der Waals surface area contributed by atoms with Gasteiger partial charge < -0.3 is 14.8 Å². The molecule has 1 N–H and O–H groups in total. The molecule has 0 aliphatic carbocycles. The maximum Gasteiger partial charge on any atom is 0.267 e. The molecule has 0 saturated carbocycles. The van der Waals surface area contributed by atoms with E-state index < -0.39 is 27.9 Å². The maximum atomic E-state index is 13.5. The third kappa shape index (κ3) is 4.91. The molecule has 0 radical (unpaired) electrons.